The fourth-order valence-electron chi connectivity index (χ4n) is 3.96. The molecule has 0 spiro atoms. The zero-order valence-corrected chi connectivity index (χ0v) is 18.2. The summed E-state index contributed by atoms with van der Waals surface area (Å²) in [5, 5.41) is 2.57. The third kappa shape index (κ3) is 4.95. The predicted molar refractivity (Wildman–Crippen MR) is 120 cm³/mol. The molecular formula is C25H24FN3O4. The van der Waals surface area contributed by atoms with E-state index in [1.54, 1.807) is 60.5 Å². The minimum atomic E-state index is -0.600. The lowest BCUT2D eigenvalue weighted by Crippen LogP contribution is -2.36. The third-order valence-electron chi connectivity index (χ3n) is 5.67. The first-order valence-electron chi connectivity index (χ1n) is 10.6. The summed E-state index contributed by atoms with van der Waals surface area (Å²) in [6.07, 6.45) is 1.55. The van der Waals surface area contributed by atoms with Crippen molar-refractivity contribution >= 4 is 23.4 Å². The number of carbonyl (C=O) groups is 3. The topological polar surface area (TPSA) is 82.9 Å². The first-order chi connectivity index (χ1) is 16.0. The van der Waals surface area contributed by atoms with Gasteiger partial charge < -0.3 is 19.5 Å². The molecule has 0 saturated carbocycles. The molecule has 1 aliphatic rings. The van der Waals surface area contributed by atoms with Crippen molar-refractivity contribution in [1.82, 2.24) is 10.2 Å². The second-order valence-electron chi connectivity index (χ2n) is 7.91. The van der Waals surface area contributed by atoms with E-state index >= 15 is 0 Å². The molecule has 0 bridgehead atoms. The van der Waals surface area contributed by atoms with E-state index < -0.39 is 11.7 Å². The number of carbonyl (C=O) groups excluding carboxylic acids is 3. The first-order valence-corrected chi connectivity index (χ1v) is 10.6. The maximum absolute atomic E-state index is 14.2. The zero-order valence-electron chi connectivity index (χ0n) is 18.2. The Bertz CT molecular complexity index is 1140. The fraction of sp³-hybridized carbons (Fsp3) is 0.240. The van der Waals surface area contributed by atoms with E-state index in [1.165, 1.54) is 23.3 Å². The minimum Gasteiger partial charge on any atom is -0.467 e. The number of benzene rings is 2. The van der Waals surface area contributed by atoms with Gasteiger partial charge in [0.25, 0.3) is 5.91 Å². The highest BCUT2D eigenvalue weighted by Crippen LogP contribution is 2.29. The van der Waals surface area contributed by atoms with Crippen molar-refractivity contribution in [3.63, 3.8) is 0 Å². The van der Waals surface area contributed by atoms with Crippen LogP contribution in [0.5, 0.6) is 0 Å². The molecule has 1 atom stereocenters. The highest BCUT2D eigenvalue weighted by molar-refractivity contribution is 6.00. The maximum Gasteiger partial charge on any atom is 0.251 e. The molecule has 7 nitrogen and oxygen atoms in total. The van der Waals surface area contributed by atoms with Crippen molar-refractivity contribution < 1.29 is 23.2 Å². The lowest BCUT2D eigenvalue weighted by atomic mass is 10.1. The SMILES string of the molecule is CNC(=O)c1ccc(CN(Cc2ccco2)C(=O)[C@@H]2CC(=O)N(c3ccccc3F)C2)cc1. The molecule has 2 aromatic carbocycles. The van der Waals surface area contributed by atoms with Crippen molar-refractivity contribution in [3.05, 3.63) is 89.6 Å². The Hall–Kier alpha value is -3.94. The number of hydrogen-bond donors (Lipinski definition) is 1. The number of halogens is 1. The standard InChI is InChI=1S/C25H24FN3O4/c1-27-24(31)18-10-8-17(9-11-18)14-28(16-20-5-4-12-33-20)25(32)19-13-23(30)29(15-19)22-7-3-2-6-21(22)26/h2-12,19H,13-16H2,1H3,(H,27,31)/t19-/m1/s1. The molecule has 1 aliphatic heterocycles. The number of rotatable bonds is 7. The summed E-state index contributed by atoms with van der Waals surface area (Å²) in [4.78, 5) is 40.8. The molecule has 4 rings (SSSR count). The van der Waals surface area contributed by atoms with Gasteiger partial charge in [0.15, 0.2) is 0 Å². The minimum absolute atomic E-state index is 0.0113. The Morgan fingerprint density at radius 3 is 2.52 bits per heavy atom. The van der Waals surface area contributed by atoms with Crippen LogP contribution in [0.3, 0.4) is 0 Å². The Balaban J connectivity index is 1.53. The molecule has 33 heavy (non-hydrogen) atoms. The second-order valence-corrected chi connectivity index (χ2v) is 7.91. The van der Waals surface area contributed by atoms with Gasteiger partial charge in [0, 0.05) is 32.1 Å². The monoisotopic (exact) mass is 449 g/mol. The van der Waals surface area contributed by atoms with Gasteiger partial charge in [-0.05, 0) is 42.0 Å². The van der Waals surface area contributed by atoms with E-state index in [4.69, 9.17) is 4.42 Å². The summed E-state index contributed by atoms with van der Waals surface area (Å²) < 4.78 is 19.7. The van der Waals surface area contributed by atoms with Gasteiger partial charge in [0.1, 0.15) is 11.6 Å². The van der Waals surface area contributed by atoms with Crippen molar-refractivity contribution in [1.29, 1.82) is 0 Å². The van der Waals surface area contributed by atoms with Crippen molar-refractivity contribution in [2.45, 2.75) is 19.5 Å². The van der Waals surface area contributed by atoms with E-state index in [1.807, 2.05) is 0 Å². The average Bonchev–Trinajstić information content (AvgIpc) is 3.48. The van der Waals surface area contributed by atoms with Crippen LogP contribution >= 0.6 is 0 Å². The van der Waals surface area contributed by atoms with Gasteiger partial charge in [-0.3, -0.25) is 14.4 Å². The lowest BCUT2D eigenvalue weighted by molar-refractivity contribution is -0.137. The number of nitrogens with one attached hydrogen (secondary N) is 1. The first kappa shape index (κ1) is 22.3. The molecule has 1 fully saturated rings. The van der Waals surface area contributed by atoms with E-state index in [-0.39, 0.29) is 49.5 Å². The fourth-order valence-corrected chi connectivity index (χ4v) is 3.96. The van der Waals surface area contributed by atoms with Gasteiger partial charge in [-0.15, -0.1) is 0 Å². The highest BCUT2D eigenvalue weighted by atomic mass is 19.1. The normalized spacial score (nSPS) is 15.5. The van der Waals surface area contributed by atoms with E-state index in [0.29, 0.717) is 11.3 Å². The van der Waals surface area contributed by atoms with E-state index in [0.717, 1.165) is 5.56 Å². The van der Waals surface area contributed by atoms with Gasteiger partial charge in [0.2, 0.25) is 11.8 Å². The van der Waals surface area contributed by atoms with E-state index in [2.05, 4.69) is 5.32 Å². The molecule has 1 aromatic heterocycles. The molecule has 0 radical (unpaired) electrons. The quantitative estimate of drug-likeness (QED) is 0.600. The largest absolute Gasteiger partial charge is 0.467 e. The van der Waals surface area contributed by atoms with Crippen LogP contribution in [-0.4, -0.2) is 36.2 Å². The summed E-state index contributed by atoms with van der Waals surface area (Å²) in [5.74, 6) is -1.18. The molecule has 3 aromatic rings. The molecule has 170 valence electrons. The summed E-state index contributed by atoms with van der Waals surface area (Å²) in [7, 11) is 1.56. The molecular weight excluding hydrogens is 425 g/mol. The Labute approximate surface area is 190 Å². The van der Waals surface area contributed by atoms with Gasteiger partial charge in [0.05, 0.1) is 24.4 Å². The van der Waals surface area contributed by atoms with E-state index in [9.17, 15) is 18.8 Å². The predicted octanol–water partition coefficient (Wildman–Crippen LogP) is 3.36. The summed E-state index contributed by atoms with van der Waals surface area (Å²) in [6.45, 7) is 0.619. The molecule has 2 heterocycles. The molecule has 0 aliphatic carbocycles. The molecule has 0 unspecified atom stereocenters. The lowest BCUT2D eigenvalue weighted by Gasteiger charge is -2.25. The van der Waals surface area contributed by atoms with Crippen LogP contribution in [0.1, 0.15) is 28.1 Å². The zero-order chi connectivity index (χ0) is 23.4. The number of para-hydroxylation sites is 1. The number of amides is 3. The van der Waals surface area contributed by atoms with Gasteiger partial charge in [-0.25, -0.2) is 4.39 Å². The van der Waals surface area contributed by atoms with Crippen LogP contribution in [0.15, 0.2) is 71.3 Å². The number of anilines is 1. The van der Waals surface area contributed by atoms with Gasteiger partial charge in [-0.1, -0.05) is 24.3 Å². The summed E-state index contributed by atoms with van der Waals surface area (Å²) in [6, 6.07) is 16.5. The molecule has 3 amide bonds. The second kappa shape index (κ2) is 9.68. The molecule has 1 N–H and O–H groups in total. The average molecular weight is 449 g/mol. The number of nitrogens with zero attached hydrogens (tertiary/aromatic N) is 2. The van der Waals surface area contributed by atoms with Gasteiger partial charge >= 0.3 is 0 Å². The Morgan fingerprint density at radius 2 is 1.85 bits per heavy atom. The third-order valence-corrected chi connectivity index (χ3v) is 5.67. The summed E-state index contributed by atoms with van der Waals surface area (Å²) in [5.41, 5.74) is 1.53. The molecule has 8 heteroatoms. The van der Waals surface area contributed by atoms with Crippen molar-refractivity contribution in [2.75, 3.05) is 18.5 Å². The van der Waals surface area contributed by atoms with Crippen LogP contribution in [0.2, 0.25) is 0 Å². The Kier molecular flexibility index (Phi) is 6.53. The number of furan rings is 1. The summed E-state index contributed by atoms with van der Waals surface area (Å²) >= 11 is 0. The molecule has 1 saturated heterocycles. The number of hydrogen-bond acceptors (Lipinski definition) is 4. The Morgan fingerprint density at radius 1 is 1.09 bits per heavy atom. The van der Waals surface area contributed by atoms with Crippen molar-refractivity contribution in [3.8, 4) is 0 Å². The maximum atomic E-state index is 14.2. The highest BCUT2D eigenvalue weighted by Gasteiger charge is 2.38. The van der Waals surface area contributed by atoms with Crippen LogP contribution in [0.25, 0.3) is 0 Å². The van der Waals surface area contributed by atoms with Crippen LogP contribution in [0.4, 0.5) is 10.1 Å². The van der Waals surface area contributed by atoms with Crippen LogP contribution in [0, 0.1) is 11.7 Å². The van der Waals surface area contributed by atoms with Crippen molar-refractivity contribution in [2.24, 2.45) is 5.92 Å². The smallest absolute Gasteiger partial charge is 0.251 e. The van der Waals surface area contributed by atoms with Gasteiger partial charge in [-0.2, -0.15) is 0 Å². The van der Waals surface area contributed by atoms with Crippen LogP contribution in [-0.2, 0) is 22.7 Å². The van der Waals surface area contributed by atoms with Crippen LogP contribution < -0.4 is 10.2 Å².